The Bertz CT molecular complexity index is 1530. The Morgan fingerprint density at radius 3 is 2.65 bits per heavy atom. The number of carbonyl (C=O) groups excluding carboxylic acids is 1. The van der Waals surface area contributed by atoms with Crippen LogP contribution in [0.4, 0.5) is 23.2 Å². The fourth-order valence-electron chi connectivity index (χ4n) is 3.16. The Morgan fingerprint density at radius 1 is 1.15 bits per heavy atom. The largest absolute Gasteiger partial charge is 0.435 e. The van der Waals surface area contributed by atoms with Gasteiger partial charge in [0.15, 0.2) is 5.82 Å². The summed E-state index contributed by atoms with van der Waals surface area (Å²) in [6.45, 7) is -3.19. The quantitative estimate of drug-likeness (QED) is 0.264. The molecular formula is C21H12ClF4N3O4S. The number of anilines is 1. The first kappa shape index (κ1) is 23.5. The molecule has 13 heteroatoms. The van der Waals surface area contributed by atoms with Crippen molar-refractivity contribution in [3.05, 3.63) is 82.6 Å². The number of aromatic nitrogens is 2. The second kappa shape index (κ2) is 8.95. The highest BCUT2D eigenvalue weighted by Gasteiger charge is 2.26. The number of pyridine rings is 1. The molecule has 2 N–H and O–H groups in total. The maximum atomic E-state index is 15.2. The van der Waals surface area contributed by atoms with Gasteiger partial charge in [-0.15, -0.1) is 0 Å². The van der Waals surface area contributed by atoms with Crippen molar-refractivity contribution in [2.24, 2.45) is 0 Å². The lowest BCUT2D eigenvalue weighted by Gasteiger charge is -2.13. The molecule has 4 rings (SSSR count). The number of nitrogens with one attached hydrogen (secondary N) is 2. The lowest BCUT2D eigenvalue weighted by Crippen LogP contribution is -2.16. The third kappa shape index (κ3) is 4.54. The van der Waals surface area contributed by atoms with Gasteiger partial charge in [0.25, 0.3) is 10.0 Å². The second-order valence-electron chi connectivity index (χ2n) is 6.82. The zero-order chi connectivity index (χ0) is 24.6. The molecule has 0 bridgehead atoms. The summed E-state index contributed by atoms with van der Waals surface area (Å²) in [5, 5.41) is 0.389. The average molecular weight is 514 g/mol. The molecule has 0 fully saturated rings. The van der Waals surface area contributed by atoms with E-state index < -0.39 is 55.9 Å². The number of hydrogen-bond donors (Lipinski definition) is 2. The van der Waals surface area contributed by atoms with Crippen LogP contribution < -0.4 is 9.46 Å². The third-order valence-electron chi connectivity index (χ3n) is 4.65. The number of ether oxygens (including phenoxy) is 1. The molecule has 4 aromatic rings. The van der Waals surface area contributed by atoms with E-state index in [0.29, 0.717) is 6.07 Å². The number of H-pyrrole nitrogens is 1. The van der Waals surface area contributed by atoms with Crippen LogP contribution in [0.15, 0.2) is 59.8 Å². The molecule has 34 heavy (non-hydrogen) atoms. The number of carbonyl (C=O) groups is 1. The van der Waals surface area contributed by atoms with Crippen LogP contribution in [0.5, 0.6) is 5.75 Å². The van der Waals surface area contributed by atoms with Gasteiger partial charge in [-0.05, 0) is 30.3 Å². The average Bonchev–Trinajstić information content (AvgIpc) is 3.18. The summed E-state index contributed by atoms with van der Waals surface area (Å²) in [7, 11) is -4.53. The van der Waals surface area contributed by atoms with E-state index in [1.54, 1.807) is 0 Å². The van der Waals surface area contributed by atoms with E-state index in [1.807, 2.05) is 4.72 Å². The number of sulfonamides is 1. The third-order valence-corrected chi connectivity index (χ3v) is 6.22. The van der Waals surface area contributed by atoms with Crippen LogP contribution in [0, 0.1) is 11.6 Å². The Hall–Kier alpha value is -3.64. The normalized spacial score (nSPS) is 11.7. The number of alkyl halides is 2. The van der Waals surface area contributed by atoms with Crippen LogP contribution in [0.1, 0.15) is 15.9 Å². The molecule has 0 aliphatic heterocycles. The van der Waals surface area contributed by atoms with E-state index in [-0.39, 0.29) is 21.6 Å². The van der Waals surface area contributed by atoms with Crippen molar-refractivity contribution in [3.63, 3.8) is 0 Å². The number of fused-ring (bicyclic) bond motifs is 1. The SMILES string of the molecule is O=C(c1c(F)ccc(NS(=O)(=O)c2cccc(OC(F)F)c2)c1F)c1c[nH]c2ncc(Cl)cc12. The molecule has 0 spiro atoms. The Kier molecular flexibility index (Phi) is 6.19. The number of ketones is 1. The van der Waals surface area contributed by atoms with E-state index in [4.69, 9.17) is 11.6 Å². The highest BCUT2D eigenvalue weighted by molar-refractivity contribution is 7.92. The molecule has 2 heterocycles. The fourth-order valence-corrected chi connectivity index (χ4v) is 4.41. The minimum atomic E-state index is -4.53. The minimum absolute atomic E-state index is 0.139. The first-order valence-corrected chi connectivity index (χ1v) is 11.2. The van der Waals surface area contributed by atoms with Gasteiger partial charge in [0, 0.05) is 29.4 Å². The van der Waals surface area contributed by atoms with Crippen molar-refractivity contribution in [1.82, 2.24) is 9.97 Å². The molecular weight excluding hydrogens is 502 g/mol. The van der Waals surface area contributed by atoms with Crippen LogP contribution >= 0.6 is 11.6 Å². The van der Waals surface area contributed by atoms with E-state index in [0.717, 1.165) is 30.3 Å². The van der Waals surface area contributed by atoms with Gasteiger partial charge in [-0.25, -0.2) is 22.2 Å². The van der Waals surface area contributed by atoms with Crippen LogP contribution in [-0.2, 0) is 10.0 Å². The molecule has 0 atom stereocenters. The standard InChI is InChI=1S/C21H12ClF4N3O4S/c22-10-6-13-14(9-28-20(13)27-8-10)19(30)17-15(23)4-5-16(18(17)24)29-34(31,32)12-3-1-2-11(7-12)33-21(25)26/h1-9,21,29H,(H,27,28). The van der Waals surface area contributed by atoms with E-state index >= 15 is 4.39 Å². The number of rotatable bonds is 7. The van der Waals surface area contributed by atoms with Crippen LogP contribution in [-0.4, -0.2) is 30.8 Å². The number of nitrogens with zero attached hydrogens (tertiary/aromatic N) is 1. The van der Waals surface area contributed by atoms with Crippen molar-refractivity contribution in [3.8, 4) is 5.75 Å². The molecule has 176 valence electrons. The molecule has 2 aromatic heterocycles. The second-order valence-corrected chi connectivity index (χ2v) is 8.94. The van der Waals surface area contributed by atoms with E-state index in [9.17, 15) is 26.4 Å². The summed E-state index contributed by atoms with van der Waals surface area (Å²) in [5.74, 6) is -4.24. The van der Waals surface area contributed by atoms with E-state index in [2.05, 4.69) is 14.7 Å². The topological polar surface area (TPSA) is 101 Å². The summed E-state index contributed by atoms with van der Waals surface area (Å²) in [6, 6.07) is 6.96. The van der Waals surface area contributed by atoms with Crippen molar-refractivity contribution in [2.45, 2.75) is 11.5 Å². The first-order chi connectivity index (χ1) is 16.1. The van der Waals surface area contributed by atoms with Gasteiger partial charge >= 0.3 is 6.61 Å². The van der Waals surface area contributed by atoms with Crippen LogP contribution in [0.3, 0.4) is 0 Å². The Balaban J connectivity index is 1.72. The Morgan fingerprint density at radius 2 is 1.91 bits per heavy atom. The van der Waals surface area contributed by atoms with Crippen LogP contribution in [0.25, 0.3) is 11.0 Å². The maximum Gasteiger partial charge on any atom is 0.387 e. The van der Waals surface area contributed by atoms with Gasteiger partial charge in [-0.1, -0.05) is 17.7 Å². The highest BCUT2D eigenvalue weighted by Crippen LogP contribution is 2.29. The van der Waals surface area contributed by atoms with E-state index in [1.165, 1.54) is 18.5 Å². The zero-order valence-corrected chi connectivity index (χ0v) is 18.2. The summed E-state index contributed by atoms with van der Waals surface area (Å²) >= 11 is 5.89. The first-order valence-electron chi connectivity index (χ1n) is 9.30. The van der Waals surface area contributed by atoms with Crippen molar-refractivity contribution in [2.75, 3.05) is 4.72 Å². The lowest BCUT2D eigenvalue weighted by atomic mass is 10.0. The Labute approximate surface area is 194 Å². The predicted molar refractivity (Wildman–Crippen MR) is 115 cm³/mol. The molecule has 0 saturated heterocycles. The van der Waals surface area contributed by atoms with Gasteiger partial charge < -0.3 is 9.72 Å². The smallest absolute Gasteiger partial charge is 0.387 e. The number of hydrogen-bond acceptors (Lipinski definition) is 5. The number of benzene rings is 2. The molecule has 0 amide bonds. The highest BCUT2D eigenvalue weighted by atomic mass is 35.5. The monoisotopic (exact) mass is 513 g/mol. The summed E-state index contributed by atoms with van der Waals surface area (Å²) in [4.78, 5) is 19.1. The number of halogens is 5. The maximum absolute atomic E-state index is 15.2. The molecule has 0 unspecified atom stereocenters. The zero-order valence-electron chi connectivity index (χ0n) is 16.7. The molecule has 7 nitrogen and oxygen atoms in total. The summed E-state index contributed by atoms with van der Waals surface area (Å²) < 4.78 is 85.9. The lowest BCUT2D eigenvalue weighted by molar-refractivity contribution is -0.0500. The van der Waals surface area contributed by atoms with Crippen molar-refractivity contribution < 1.29 is 35.5 Å². The van der Waals surface area contributed by atoms with Gasteiger partial charge in [-0.3, -0.25) is 9.52 Å². The van der Waals surface area contributed by atoms with Gasteiger partial charge in [0.05, 0.1) is 21.2 Å². The van der Waals surface area contributed by atoms with Crippen molar-refractivity contribution in [1.29, 1.82) is 0 Å². The summed E-state index contributed by atoms with van der Waals surface area (Å²) in [5.41, 5.74) is -1.65. The molecule has 2 aromatic carbocycles. The van der Waals surface area contributed by atoms with Crippen LogP contribution in [0.2, 0.25) is 5.02 Å². The molecule has 0 saturated carbocycles. The molecule has 0 radical (unpaired) electrons. The van der Waals surface area contributed by atoms with Gasteiger partial charge in [-0.2, -0.15) is 8.78 Å². The minimum Gasteiger partial charge on any atom is -0.435 e. The predicted octanol–water partition coefficient (Wildman–Crippen LogP) is 5.13. The summed E-state index contributed by atoms with van der Waals surface area (Å²) in [6.07, 6.45) is 2.51. The van der Waals surface area contributed by atoms with Gasteiger partial charge in [0.1, 0.15) is 17.2 Å². The van der Waals surface area contributed by atoms with Gasteiger partial charge in [0.2, 0.25) is 5.78 Å². The fraction of sp³-hybridized carbons (Fsp3) is 0.0476. The van der Waals surface area contributed by atoms with Crippen molar-refractivity contribution >= 4 is 44.1 Å². The number of aromatic amines is 1. The molecule has 0 aliphatic carbocycles. The molecule has 0 aliphatic rings.